The van der Waals surface area contributed by atoms with Crippen molar-refractivity contribution in [2.45, 2.75) is 83.2 Å². The Morgan fingerprint density at radius 2 is 1.26 bits per heavy atom. The van der Waals surface area contributed by atoms with Gasteiger partial charge in [0.2, 0.25) is 0 Å². The van der Waals surface area contributed by atoms with Gasteiger partial charge in [-0.25, -0.2) is 0 Å². The van der Waals surface area contributed by atoms with Crippen LogP contribution in [-0.2, 0) is 4.74 Å². The molecule has 0 heterocycles. The lowest BCUT2D eigenvalue weighted by Crippen LogP contribution is -2.08. The Kier molecular flexibility index (Phi) is 18.3. The van der Waals surface area contributed by atoms with Crippen LogP contribution in [-0.4, -0.2) is 29.3 Å². The van der Waals surface area contributed by atoms with Crippen LogP contribution in [0, 0.1) is 0 Å². The van der Waals surface area contributed by atoms with Crippen molar-refractivity contribution in [2.75, 3.05) is 19.8 Å². The molecule has 0 aliphatic heterocycles. The van der Waals surface area contributed by atoms with Crippen LogP contribution in [0.15, 0.2) is 0 Å². The highest BCUT2D eigenvalue weighted by Crippen LogP contribution is 2.11. The molecule has 0 saturated carbocycles. The summed E-state index contributed by atoms with van der Waals surface area (Å²) in [6, 6.07) is 3.08. The molecule has 116 valence electrons. The lowest BCUT2D eigenvalue weighted by molar-refractivity contribution is 0.137. The Morgan fingerprint density at radius 3 is 1.79 bits per heavy atom. The van der Waals surface area contributed by atoms with Gasteiger partial charge in [-0.1, -0.05) is 76.8 Å². The average Bonchev–Trinajstić information content (AvgIpc) is 2.43. The van der Waals surface area contributed by atoms with Crippen LogP contribution in [0.5, 0.6) is 0 Å². The molecule has 0 fully saturated rings. The van der Waals surface area contributed by atoms with Crippen molar-refractivity contribution in [3.8, 4) is 0 Å². The van der Waals surface area contributed by atoms with Gasteiger partial charge in [-0.05, 0) is 6.42 Å². The highest BCUT2D eigenvalue weighted by molar-refractivity contribution is 6.35. The molecule has 2 nitrogen and oxygen atoms in total. The van der Waals surface area contributed by atoms with Crippen LogP contribution in [0.25, 0.3) is 0 Å². The number of ether oxygens (including phenoxy) is 1. The molecule has 0 bridgehead atoms. The molecule has 0 aromatic carbocycles. The minimum absolute atomic E-state index is 0.343. The first-order chi connectivity index (χ1) is 9.41. The van der Waals surface area contributed by atoms with Crippen molar-refractivity contribution < 1.29 is 4.74 Å². The third kappa shape index (κ3) is 18.1. The van der Waals surface area contributed by atoms with Gasteiger partial charge >= 0.3 is 0 Å². The normalized spacial score (nSPS) is 11.7. The van der Waals surface area contributed by atoms with Gasteiger partial charge in [0.15, 0.2) is 0 Å². The molecule has 0 amide bonds. The second-order valence-electron chi connectivity index (χ2n) is 5.64. The Morgan fingerprint density at radius 1 is 0.737 bits per heavy atom. The minimum Gasteiger partial charge on any atom is -0.380 e. The molecule has 0 aliphatic carbocycles. The number of rotatable bonds is 16. The van der Waals surface area contributed by atoms with Crippen LogP contribution in [0.3, 0.4) is 0 Å². The standard InChI is InChI=1S/C16H37NOSi/c1-2-19-16-12-10-8-6-4-3-5-7-9-11-14-18-15-13-17/h2-17,19H2,1H3. The van der Waals surface area contributed by atoms with Crippen LogP contribution in [0.4, 0.5) is 0 Å². The van der Waals surface area contributed by atoms with E-state index in [4.69, 9.17) is 10.5 Å². The molecule has 3 heteroatoms. The van der Waals surface area contributed by atoms with Gasteiger partial charge in [0.25, 0.3) is 0 Å². The fourth-order valence-electron chi connectivity index (χ4n) is 2.41. The summed E-state index contributed by atoms with van der Waals surface area (Å²) in [5.41, 5.74) is 5.36. The summed E-state index contributed by atoms with van der Waals surface area (Å²) in [7, 11) is 0.343. The number of unbranched alkanes of at least 4 members (excludes halogenated alkanes) is 9. The lowest BCUT2D eigenvalue weighted by Gasteiger charge is -2.03. The van der Waals surface area contributed by atoms with Crippen molar-refractivity contribution in [1.82, 2.24) is 0 Å². The van der Waals surface area contributed by atoms with Crippen molar-refractivity contribution in [3.05, 3.63) is 0 Å². The van der Waals surface area contributed by atoms with E-state index in [0.29, 0.717) is 16.1 Å². The van der Waals surface area contributed by atoms with Crippen molar-refractivity contribution in [1.29, 1.82) is 0 Å². The summed E-state index contributed by atoms with van der Waals surface area (Å²) in [5.74, 6) is 0. The molecule has 0 saturated heterocycles. The van der Waals surface area contributed by atoms with E-state index in [-0.39, 0.29) is 0 Å². The molecule has 0 atom stereocenters. The van der Waals surface area contributed by atoms with Gasteiger partial charge in [-0.2, -0.15) is 0 Å². The molecule has 0 spiro atoms. The maximum atomic E-state index is 5.36. The fraction of sp³-hybridized carbons (Fsp3) is 1.00. The smallest absolute Gasteiger partial charge is 0.0588 e. The van der Waals surface area contributed by atoms with E-state index in [9.17, 15) is 0 Å². The highest BCUT2D eigenvalue weighted by Gasteiger charge is 1.94. The average molecular weight is 288 g/mol. The minimum atomic E-state index is 0.343. The third-order valence-corrected chi connectivity index (χ3v) is 5.36. The van der Waals surface area contributed by atoms with E-state index in [1.165, 1.54) is 70.3 Å². The second kappa shape index (κ2) is 18.1. The summed E-state index contributed by atoms with van der Waals surface area (Å²) in [5, 5.41) is 0. The van der Waals surface area contributed by atoms with Gasteiger partial charge in [-0.15, -0.1) is 0 Å². The third-order valence-electron chi connectivity index (χ3n) is 3.65. The van der Waals surface area contributed by atoms with E-state index in [1.54, 1.807) is 6.04 Å². The van der Waals surface area contributed by atoms with E-state index < -0.39 is 0 Å². The first kappa shape index (κ1) is 19.1. The molecular formula is C16H37NOSi. The molecule has 0 aromatic rings. The molecular weight excluding hydrogens is 250 g/mol. The summed E-state index contributed by atoms with van der Waals surface area (Å²) in [6.07, 6.45) is 14.2. The SMILES string of the molecule is CC[SiH2]CCCCCCCCCCCCOCCN. The molecule has 0 unspecified atom stereocenters. The van der Waals surface area contributed by atoms with E-state index >= 15 is 0 Å². The predicted octanol–water partition coefficient (Wildman–Crippen LogP) is 3.89. The topological polar surface area (TPSA) is 35.2 Å². The number of hydrogen-bond acceptors (Lipinski definition) is 2. The second-order valence-corrected chi connectivity index (χ2v) is 8.06. The number of nitrogens with two attached hydrogens (primary N) is 1. The lowest BCUT2D eigenvalue weighted by atomic mass is 10.1. The molecule has 19 heavy (non-hydrogen) atoms. The summed E-state index contributed by atoms with van der Waals surface area (Å²) >= 11 is 0. The Balaban J connectivity index is 2.88. The zero-order valence-electron chi connectivity index (χ0n) is 13.3. The van der Waals surface area contributed by atoms with E-state index in [2.05, 4.69) is 6.92 Å². The maximum Gasteiger partial charge on any atom is 0.0588 e. The quantitative estimate of drug-likeness (QED) is 0.345. The highest BCUT2D eigenvalue weighted by atomic mass is 28.2. The largest absolute Gasteiger partial charge is 0.380 e. The Bertz CT molecular complexity index is 140. The molecule has 0 aliphatic rings. The summed E-state index contributed by atoms with van der Waals surface area (Å²) in [4.78, 5) is 0. The van der Waals surface area contributed by atoms with Crippen molar-refractivity contribution in [2.24, 2.45) is 5.73 Å². The Hall–Kier alpha value is 0.137. The van der Waals surface area contributed by atoms with Crippen molar-refractivity contribution in [3.63, 3.8) is 0 Å². The zero-order chi connectivity index (χ0) is 14.0. The maximum absolute atomic E-state index is 5.36. The van der Waals surface area contributed by atoms with Crippen molar-refractivity contribution >= 4 is 9.52 Å². The van der Waals surface area contributed by atoms with Gasteiger partial charge in [0.1, 0.15) is 0 Å². The van der Waals surface area contributed by atoms with Crippen LogP contribution < -0.4 is 5.73 Å². The van der Waals surface area contributed by atoms with Crippen LogP contribution in [0.2, 0.25) is 12.1 Å². The molecule has 0 rings (SSSR count). The summed E-state index contributed by atoms with van der Waals surface area (Å²) < 4.78 is 5.36. The molecule has 0 radical (unpaired) electrons. The van der Waals surface area contributed by atoms with Crippen LogP contribution >= 0.6 is 0 Å². The molecule has 2 N–H and O–H groups in total. The van der Waals surface area contributed by atoms with E-state index in [0.717, 1.165) is 13.2 Å². The first-order valence-electron chi connectivity index (χ1n) is 8.69. The van der Waals surface area contributed by atoms with Gasteiger partial charge in [0, 0.05) is 22.7 Å². The van der Waals surface area contributed by atoms with Crippen LogP contribution in [0.1, 0.15) is 71.1 Å². The van der Waals surface area contributed by atoms with Gasteiger partial charge < -0.3 is 10.5 Å². The Labute approximate surface area is 123 Å². The van der Waals surface area contributed by atoms with Gasteiger partial charge in [0.05, 0.1) is 6.61 Å². The number of hydrogen-bond donors (Lipinski definition) is 1. The fourth-order valence-corrected chi connectivity index (χ4v) is 3.61. The molecule has 0 aromatic heterocycles. The predicted molar refractivity (Wildman–Crippen MR) is 89.9 cm³/mol. The van der Waals surface area contributed by atoms with E-state index in [1.807, 2.05) is 0 Å². The zero-order valence-corrected chi connectivity index (χ0v) is 14.7. The monoisotopic (exact) mass is 287 g/mol. The first-order valence-corrected chi connectivity index (χ1v) is 10.7. The summed E-state index contributed by atoms with van der Waals surface area (Å²) in [6.45, 7) is 4.62. The van der Waals surface area contributed by atoms with Gasteiger partial charge in [-0.3, -0.25) is 0 Å².